The molecule has 0 aromatic heterocycles. The fourth-order valence-electron chi connectivity index (χ4n) is 3.17. The van der Waals surface area contributed by atoms with Crippen LogP contribution < -0.4 is 11.1 Å². The smallest absolute Gasteiger partial charge is 0.333 e. The summed E-state index contributed by atoms with van der Waals surface area (Å²) >= 11 is 0. The summed E-state index contributed by atoms with van der Waals surface area (Å²) in [4.78, 5) is 40.0. The van der Waals surface area contributed by atoms with E-state index in [-0.39, 0.29) is 23.8 Å². The summed E-state index contributed by atoms with van der Waals surface area (Å²) in [6.07, 6.45) is 2.71. The zero-order valence-corrected chi connectivity index (χ0v) is 20.6. The molecule has 0 spiro atoms. The summed E-state index contributed by atoms with van der Waals surface area (Å²) in [5.41, 5.74) is 5.16. The average Bonchev–Trinajstić information content (AvgIpc) is 2.66. The zero-order valence-electron chi connectivity index (χ0n) is 20.6. The number of hydrogen-bond donors (Lipinski definition) is 2. The molecule has 7 heteroatoms. The van der Waals surface area contributed by atoms with Crippen LogP contribution in [0.25, 0.3) is 0 Å². The van der Waals surface area contributed by atoms with Gasteiger partial charge >= 0.3 is 5.97 Å². The molecule has 0 rings (SSSR count). The van der Waals surface area contributed by atoms with Gasteiger partial charge in [0.2, 0.25) is 11.8 Å². The van der Waals surface area contributed by atoms with Crippen molar-refractivity contribution in [2.24, 2.45) is 17.1 Å². The largest absolute Gasteiger partial charge is 0.463 e. The van der Waals surface area contributed by atoms with Gasteiger partial charge in [0.1, 0.15) is 6.04 Å². The molecule has 3 N–H and O–H groups in total. The number of ether oxygens (including phenoxy) is 1. The summed E-state index contributed by atoms with van der Waals surface area (Å²) in [5.74, 6) is -0.895. The van der Waals surface area contributed by atoms with Gasteiger partial charge in [0.15, 0.2) is 0 Å². The summed E-state index contributed by atoms with van der Waals surface area (Å²) in [5, 5.41) is 2.90. The van der Waals surface area contributed by atoms with Crippen LogP contribution in [0.5, 0.6) is 0 Å². The van der Waals surface area contributed by atoms with Gasteiger partial charge in [0.05, 0.1) is 18.2 Å². The third kappa shape index (κ3) is 7.42. The van der Waals surface area contributed by atoms with E-state index in [1.54, 1.807) is 31.9 Å². The van der Waals surface area contributed by atoms with Crippen LogP contribution in [0, 0.1) is 11.3 Å². The molecule has 7 nitrogen and oxygen atoms in total. The molecule has 2 amide bonds. The summed E-state index contributed by atoms with van der Waals surface area (Å²) in [6.45, 7) is 17.1. The van der Waals surface area contributed by atoms with Crippen molar-refractivity contribution in [1.29, 1.82) is 0 Å². The van der Waals surface area contributed by atoms with Gasteiger partial charge in [0, 0.05) is 12.6 Å². The molecule has 0 radical (unpaired) electrons. The molecule has 0 fully saturated rings. The van der Waals surface area contributed by atoms with Gasteiger partial charge in [-0.15, -0.1) is 0 Å². The van der Waals surface area contributed by atoms with E-state index in [4.69, 9.17) is 10.5 Å². The van der Waals surface area contributed by atoms with Crippen molar-refractivity contribution in [3.05, 3.63) is 11.6 Å². The SMILES string of the molecule is CCOC(=O)/C(C)=C/C(C(C)C)N(C)C(=O)C(NC(=O)C(N)(CC)CC)C(C)(C)C. The van der Waals surface area contributed by atoms with Crippen LogP contribution in [0.3, 0.4) is 0 Å². The molecule has 0 aliphatic carbocycles. The molecule has 0 saturated heterocycles. The number of likely N-dealkylation sites (N-methyl/N-ethyl adjacent to an activating group) is 1. The number of carbonyl (C=O) groups is 3. The van der Waals surface area contributed by atoms with Crippen LogP contribution in [0.2, 0.25) is 0 Å². The minimum absolute atomic E-state index is 0.0551. The Kier molecular flexibility index (Phi) is 10.8. The summed E-state index contributed by atoms with van der Waals surface area (Å²) in [7, 11) is 1.70. The maximum Gasteiger partial charge on any atom is 0.333 e. The topological polar surface area (TPSA) is 102 Å². The highest BCUT2D eigenvalue weighted by atomic mass is 16.5. The number of nitrogens with one attached hydrogen (secondary N) is 1. The predicted octanol–water partition coefficient (Wildman–Crippen LogP) is 3.03. The van der Waals surface area contributed by atoms with E-state index in [1.165, 1.54) is 0 Å². The molecule has 2 atom stereocenters. The van der Waals surface area contributed by atoms with Crippen LogP contribution in [-0.4, -0.2) is 54.0 Å². The molecule has 2 unspecified atom stereocenters. The molecular weight excluding hydrogens is 382 g/mol. The monoisotopic (exact) mass is 425 g/mol. The molecule has 174 valence electrons. The minimum Gasteiger partial charge on any atom is -0.463 e. The highest BCUT2D eigenvalue weighted by molar-refractivity contribution is 5.93. The number of amides is 2. The lowest BCUT2D eigenvalue weighted by atomic mass is 9.83. The van der Waals surface area contributed by atoms with Gasteiger partial charge in [0.25, 0.3) is 0 Å². The van der Waals surface area contributed by atoms with Gasteiger partial charge < -0.3 is 20.7 Å². The highest BCUT2D eigenvalue weighted by Gasteiger charge is 2.40. The van der Waals surface area contributed by atoms with Crippen molar-refractivity contribution >= 4 is 17.8 Å². The Morgan fingerprint density at radius 2 is 1.60 bits per heavy atom. The molecule has 30 heavy (non-hydrogen) atoms. The minimum atomic E-state index is -1.01. The Labute approximate surface area is 182 Å². The first-order chi connectivity index (χ1) is 13.7. The van der Waals surface area contributed by atoms with Gasteiger partial charge in [-0.3, -0.25) is 9.59 Å². The lowest BCUT2D eigenvalue weighted by molar-refractivity contribution is -0.141. The Morgan fingerprint density at radius 3 is 1.97 bits per heavy atom. The van der Waals surface area contributed by atoms with Gasteiger partial charge in [-0.1, -0.05) is 54.5 Å². The second-order valence-corrected chi connectivity index (χ2v) is 9.39. The molecule has 0 aromatic carbocycles. The fourth-order valence-corrected chi connectivity index (χ4v) is 3.17. The number of esters is 1. The number of nitrogens with zero attached hydrogens (tertiary/aromatic N) is 1. The molecule has 0 aliphatic rings. The van der Waals surface area contributed by atoms with E-state index >= 15 is 0 Å². The number of rotatable bonds is 10. The van der Waals surface area contributed by atoms with Crippen LogP contribution >= 0.6 is 0 Å². The lowest BCUT2D eigenvalue weighted by Gasteiger charge is -2.39. The second kappa shape index (κ2) is 11.5. The van der Waals surface area contributed by atoms with Crippen molar-refractivity contribution in [2.45, 2.75) is 92.8 Å². The van der Waals surface area contributed by atoms with Gasteiger partial charge in [-0.2, -0.15) is 0 Å². The Bertz CT molecular complexity index is 631. The first kappa shape index (κ1) is 28.1. The quantitative estimate of drug-likeness (QED) is 0.414. The van der Waals surface area contributed by atoms with Crippen LogP contribution in [0.15, 0.2) is 11.6 Å². The normalized spacial score (nSPS) is 14.9. The van der Waals surface area contributed by atoms with Crippen molar-refractivity contribution < 1.29 is 19.1 Å². The van der Waals surface area contributed by atoms with Crippen molar-refractivity contribution in [3.63, 3.8) is 0 Å². The van der Waals surface area contributed by atoms with Gasteiger partial charge in [-0.05, 0) is 38.0 Å². The molecular formula is C23H43N3O4. The number of nitrogens with two attached hydrogens (primary N) is 1. The Hall–Kier alpha value is -1.89. The van der Waals surface area contributed by atoms with Crippen LogP contribution in [0.1, 0.15) is 75.2 Å². The number of hydrogen-bond acceptors (Lipinski definition) is 5. The number of carbonyl (C=O) groups excluding carboxylic acids is 3. The Balaban J connectivity index is 5.89. The lowest BCUT2D eigenvalue weighted by Crippen LogP contribution is -2.62. The third-order valence-corrected chi connectivity index (χ3v) is 5.60. The third-order valence-electron chi connectivity index (χ3n) is 5.60. The average molecular weight is 426 g/mol. The zero-order chi connectivity index (χ0) is 23.9. The molecule has 0 aromatic rings. The fraction of sp³-hybridized carbons (Fsp3) is 0.783. The summed E-state index contributed by atoms with van der Waals surface area (Å²) < 4.78 is 5.06. The van der Waals surface area contributed by atoms with E-state index in [0.717, 1.165) is 0 Å². The maximum absolute atomic E-state index is 13.5. The standard InChI is InChI=1S/C23H43N3O4/c1-11-23(24,12-2)21(29)25-18(22(7,8)9)19(27)26(10)17(15(4)5)14-16(6)20(28)30-13-3/h14-15,17-18H,11-13,24H2,1-10H3,(H,25,29)/b16-14+. The van der Waals surface area contributed by atoms with Crippen LogP contribution in [-0.2, 0) is 19.1 Å². The second-order valence-electron chi connectivity index (χ2n) is 9.39. The van der Waals surface area contributed by atoms with E-state index in [1.807, 2.05) is 48.5 Å². The molecule has 0 heterocycles. The van der Waals surface area contributed by atoms with Crippen molar-refractivity contribution in [1.82, 2.24) is 10.2 Å². The first-order valence-corrected chi connectivity index (χ1v) is 10.9. The van der Waals surface area contributed by atoms with E-state index in [0.29, 0.717) is 25.0 Å². The van der Waals surface area contributed by atoms with Crippen molar-refractivity contribution in [2.75, 3.05) is 13.7 Å². The first-order valence-electron chi connectivity index (χ1n) is 10.9. The molecule has 0 aliphatic heterocycles. The maximum atomic E-state index is 13.5. The summed E-state index contributed by atoms with van der Waals surface area (Å²) in [6, 6.07) is -1.09. The van der Waals surface area contributed by atoms with E-state index in [9.17, 15) is 14.4 Å². The highest BCUT2D eigenvalue weighted by Crippen LogP contribution is 2.25. The predicted molar refractivity (Wildman–Crippen MR) is 121 cm³/mol. The molecule has 0 bridgehead atoms. The Morgan fingerprint density at radius 1 is 1.10 bits per heavy atom. The van der Waals surface area contributed by atoms with Crippen LogP contribution in [0.4, 0.5) is 0 Å². The van der Waals surface area contributed by atoms with E-state index < -0.39 is 23.0 Å². The van der Waals surface area contributed by atoms with Gasteiger partial charge in [-0.25, -0.2) is 4.79 Å². The van der Waals surface area contributed by atoms with E-state index in [2.05, 4.69) is 5.32 Å². The molecule has 0 saturated carbocycles. The van der Waals surface area contributed by atoms with Crippen molar-refractivity contribution in [3.8, 4) is 0 Å².